The third-order valence-electron chi connectivity index (χ3n) is 3.00. The molecule has 1 atom stereocenters. The van der Waals surface area contributed by atoms with E-state index in [4.69, 9.17) is 0 Å². The standard InChI is InChI=1S/C16H17FN2OS/c1-12(14-4-2-3-5-15(14)17)19-16(20)11-21-10-13-6-8-18-9-7-13/h2-9,12H,10-11H2,1H3,(H,19,20)/t12-/m1/s1. The molecular formula is C16H17FN2OS. The van der Waals surface area contributed by atoms with Gasteiger partial charge in [-0.3, -0.25) is 9.78 Å². The van der Waals surface area contributed by atoms with Gasteiger partial charge in [0.05, 0.1) is 11.8 Å². The molecule has 2 aromatic rings. The summed E-state index contributed by atoms with van der Waals surface area (Å²) in [5.74, 6) is 0.713. The number of carbonyl (C=O) groups is 1. The first kappa shape index (κ1) is 15.5. The van der Waals surface area contributed by atoms with Crippen LogP contribution in [0.25, 0.3) is 0 Å². The first-order valence-electron chi connectivity index (χ1n) is 6.67. The molecular weight excluding hydrogens is 287 g/mol. The largest absolute Gasteiger partial charge is 0.349 e. The lowest BCUT2D eigenvalue weighted by atomic mass is 10.1. The lowest BCUT2D eigenvalue weighted by Gasteiger charge is -2.14. The number of amides is 1. The summed E-state index contributed by atoms with van der Waals surface area (Å²) < 4.78 is 13.6. The Labute approximate surface area is 128 Å². The Morgan fingerprint density at radius 2 is 2.00 bits per heavy atom. The number of pyridine rings is 1. The average Bonchev–Trinajstić information content (AvgIpc) is 2.48. The first-order valence-corrected chi connectivity index (χ1v) is 7.82. The molecule has 0 unspecified atom stereocenters. The van der Waals surface area contributed by atoms with Crippen LogP contribution in [0.2, 0.25) is 0 Å². The molecule has 3 nitrogen and oxygen atoms in total. The molecule has 0 radical (unpaired) electrons. The molecule has 0 fully saturated rings. The molecule has 1 amide bonds. The molecule has 1 N–H and O–H groups in total. The minimum Gasteiger partial charge on any atom is -0.349 e. The van der Waals surface area contributed by atoms with Crippen LogP contribution in [-0.4, -0.2) is 16.6 Å². The minimum absolute atomic E-state index is 0.0928. The van der Waals surface area contributed by atoms with E-state index < -0.39 is 0 Å². The predicted octanol–water partition coefficient (Wildman–Crippen LogP) is 3.33. The van der Waals surface area contributed by atoms with Gasteiger partial charge in [-0.25, -0.2) is 4.39 Å². The third kappa shape index (κ3) is 4.86. The van der Waals surface area contributed by atoms with Gasteiger partial charge in [-0.15, -0.1) is 11.8 Å². The monoisotopic (exact) mass is 304 g/mol. The summed E-state index contributed by atoms with van der Waals surface area (Å²) >= 11 is 1.52. The molecule has 1 aromatic carbocycles. The Hall–Kier alpha value is -1.88. The summed E-state index contributed by atoms with van der Waals surface area (Å²) in [6.45, 7) is 1.78. The van der Waals surface area contributed by atoms with Gasteiger partial charge in [-0.2, -0.15) is 0 Å². The van der Waals surface area contributed by atoms with Crippen molar-refractivity contribution in [3.05, 3.63) is 65.7 Å². The predicted molar refractivity (Wildman–Crippen MR) is 83.4 cm³/mol. The number of nitrogens with one attached hydrogen (secondary N) is 1. The van der Waals surface area contributed by atoms with Gasteiger partial charge >= 0.3 is 0 Å². The van der Waals surface area contributed by atoms with Crippen molar-refractivity contribution in [2.75, 3.05) is 5.75 Å². The Balaban J connectivity index is 1.78. The molecule has 0 aliphatic rings. The van der Waals surface area contributed by atoms with Crippen molar-refractivity contribution in [2.45, 2.75) is 18.7 Å². The molecule has 2 rings (SSSR count). The summed E-state index contributed by atoms with van der Waals surface area (Å²) in [7, 11) is 0. The second-order valence-electron chi connectivity index (χ2n) is 4.66. The summed E-state index contributed by atoms with van der Waals surface area (Å²) in [5, 5.41) is 2.81. The Bertz CT molecular complexity index is 592. The fourth-order valence-corrected chi connectivity index (χ4v) is 2.73. The molecule has 5 heteroatoms. The quantitative estimate of drug-likeness (QED) is 0.890. The van der Waals surface area contributed by atoms with Crippen molar-refractivity contribution in [2.24, 2.45) is 0 Å². The average molecular weight is 304 g/mol. The second kappa shape index (κ2) is 7.78. The van der Waals surface area contributed by atoms with Crippen LogP contribution >= 0.6 is 11.8 Å². The van der Waals surface area contributed by atoms with E-state index in [1.165, 1.54) is 17.8 Å². The van der Waals surface area contributed by atoms with Crippen LogP contribution < -0.4 is 5.32 Å². The second-order valence-corrected chi connectivity index (χ2v) is 5.64. The molecule has 1 heterocycles. The maximum absolute atomic E-state index is 13.6. The van der Waals surface area contributed by atoms with Crippen LogP contribution in [0.5, 0.6) is 0 Å². The number of hydrogen-bond acceptors (Lipinski definition) is 3. The number of nitrogens with zero attached hydrogens (tertiary/aromatic N) is 1. The molecule has 0 aliphatic heterocycles. The minimum atomic E-state index is -0.333. The molecule has 0 saturated heterocycles. The van der Waals surface area contributed by atoms with E-state index in [1.54, 1.807) is 37.5 Å². The van der Waals surface area contributed by atoms with E-state index in [-0.39, 0.29) is 17.8 Å². The van der Waals surface area contributed by atoms with Crippen LogP contribution in [0.4, 0.5) is 4.39 Å². The molecule has 110 valence electrons. The SMILES string of the molecule is C[C@@H](NC(=O)CSCc1ccncc1)c1ccccc1F. The molecule has 21 heavy (non-hydrogen) atoms. The van der Waals surface area contributed by atoms with Crippen LogP contribution in [0.15, 0.2) is 48.8 Å². The lowest BCUT2D eigenvalue weighted by molar-refractivity contribution is -0.119. The Kier molecular flexibility index (Phi) is 5.75. The van der Waals surface area contributed by atoms with E-state index in [0.717, 1.165) is 11.3 Å². The van der Waals surface area contributed by atoms with E-state index in [0.29, 0.717) is 11.3 Å². The highest BCUT2D eigenvalue weighted by molar-refractivity contribution is 7.99. The normalized spacial score (nSPS) is 11.9. The van der Waals surface area contributed by atoms with Crippen LogP contribution in [-0.2, 0) is 10.5 Å². The first-order chi connectivity index (χ1) is 10.2. The maximum Gasteiger partial charge on any atom is 0.230 e. The third-order valence-corrected chi connectivity index (χ3v) is 4.00. The number of aromatic nitrogens is 1. The van der Waals surface area contributed by atoms with Crippen molar-refractivity contribution in [3.63, 3.8) is 0 Å². The van der Waals surface area contributed by atoms with Crippen molar-refractivity contribution < 1.29 is 9.18 Å². The van der Waals surface area contributed by atoms with E-state index in [1.807, 2.05) is 12.1 Å². The van der Waals surface area contributed by atoms with Crippen molar-refractivity contribution >= 4 is 17.7 Å². The fourth-order valence-electron chi connectivity index (χ4n) is 1.93. The van der Waals surface area contributed by atoms with Crippen molar-refractivity contribution in [1.29, 1.82) is 0 Å². The highest BCUT2D eigenvalue weighted by atomic mass is 32.2. The number of hydrogen-bond donors (Lipinski definition) is 1. The van der Waals surface area contributed by atoms with Crippen LogP contribution in [0, 0.1) is 5.82 Å². The lowest BCUT2D eigenvalue weighted by Crippen LogP contribution is -2.28. The molecule has 0 saturated carbocycles. The van der Waals surface area contributed by atoms with Crippen LogP contribution in [0.1, 0.15) is 24.1 Å². The van der Waals surface area contributed by atoms with Gasteiger partial charge in [0, 0.05) is 23.7 Å². The van der Waals surface area contributed by atoms with Crippen LogP contribution in [0.3, 0.4) is 0 Å². The van der Waals surface area contributed by atoms with Gasteiger partial charge in [0.2, 0.25) is 5.91 Å². The zero-order valence-corrected chi connectivity index (χ0v) is 12.6. The van der Waals surface area contributed by atoms with Gasteiger partial charge in [0.25, 0.3) is 0 Å². The summed E-state index contributed by atoms with van der Waals surface area (Å²) in [6, 6.07) is 10.00. The Morgan fingerprint density at radius 3 is 2.71 bits per heavy atom. The van der Waals surface area contributed by atoms with Gasteiger partial charge in [-0.1, -0.05) is 18.2 Å². The maximum atomic E-state index is 13.6. The van der Waals surface area contributed by atoms with Crippen molar-refractivity contribution in [3.8, 4) is 0 Å². The number of benzene rings is 1. The van der Waals surface area contributed by atoms with E-state index in [2.05, 4.69) is 10.3 Å². The summed E-state index contributed by atoms with van der Waals surface area (Å²) in [6.07, 6.45) is 3.46. The highest BCUT2D eigenvalue weighted by Crippen LogP contribution is 2.16. The fraction of sp³-hybridized carbons (Fsp3) is 0.250. The van der Waals surface area contributed by atoms with E-state index >= 15 is 0 Å². The number of rotatable bonds is 6. The van der Waals surface area contributed by atoms with Gasteiger partial charge in [0.1, 0.15) is 5.82 Å². The number of thioether (sulfide) groups is 1. The molecule has 1 aromatic heterocycles. The van der Waals surface area contributed by atoms with Crippen molar-refractivity contribution in [1.82, 2.24) is 10.3 Å². The molecule has 0 spiro atoms. The van der Waals surface area contributed by atoms with Gasteiger partial charge in [-0.05, 0) is 30.7 Å². The van der Waals surface area contributed by atoms with Gasteiger partial charge < -0.3 is 5.32 Å². The topological polar surface area (TPSA) is 42.0 Å². The Morgan fingerprint density at radius 1 is 1.29 bits per heavy atom. The number of halogens is 1. The zero-order chi connectivity index (χ0) is 15.1. The summed E-state index contributed by atoms with van der Waals surface area (Å²) in [4.78, 5) is 15.8. The molecule has 0 aliphatic carbocycles. The smallest absolute Gasteiger partial charge is 0.230 e. The summed E-state index contributed by atoms with van der Waals surface area (Å²) in [5.41, 5.74) is 1.63. The molecule has 0 bridgehead atoms. The highest BCUT2D eigenvalue weighted by Gasteiger charge is 2.12. The zero-order valence-electron chi connectivity index (χ0n) is 11.8. The van der Waals surface area contributed by atoms with Gasteiger partial charge in [0.15, 0.2) is 0 Å². The number of carbonyl (C=O) groups excluding carboxylic acids is 1. The van der Waals surface area contributed by atoms with E-state index in [9.17, 15) is 9.18 Å².